The van der Waals surface area contributed by atoms with Crippen LogP contribution in [0.2, 0.25) is 0 Å². The van der Waals surface area contributed by atoms with Gasteiger partial charge in [0, 0.05) is 41.4 Å². The average Bonchev–Trinajstić information content (AvgIpc) is 2.13. The highest BCUT2D eigenvalue weighted by Gasteiger charge is 2.29. The standard InChI is InChI=1S/C10H22N2OS/c1-8-9(2)12(5-4-10(8)11)6-7-14(3)13/h8-10H,4-7,11H2,1-3H3. The van der Waals surface area contributed by atoms with E-state index in [4.69, 9.17) is 5.73 Å². The van der Waals surface area contributed by atoms with Crippen molar-refractivity contribution in [3.8, 4) is 0 Å². The van der Waals surface area contributed by atoms with Crippen LogP contribution in [0.25, 0.3) is 0 Å². The number of hydrogen-bond acceptors (Lipinski definition) is 3. The van der Waals surface area contributed by atoms with Crippen LogP contribution in [0.4, 0.5) is 0 Å². The van der Waals surface area contributed by atoms with Crippen LogP contribution in [0.15, 0.2) is 0 Å². The third-order valence-corrected chi connectivity index (χ3v) is 4.19. The molecule has 0 aromatic rings. The number of hydrogen-bond donors (Lipinski definition) is 1. The van der Waals surface area contributed by atoms with Crippen molar-refractivity contribution in [2.24, 2.45) is 11.7 Å². The fourth-order valence-corrected chi connectivity index (χ4v) is 2.52. The maximum absolute atomic E-state index is 11.0. The molecule has 0 aromatic carbocycles. The van der Waals surface area contributed by atoms with E-state index < -0.39 is 10.8 Å². The van der Waals surface area contributed by atoms with Gasteiger partial charge in [-0.05, 0) is 25.8 Å². The first-order chi connectivity index (χ1) is 6.52. The lowest BCUT2D eigenvalue weighted by molar-refractivity contribution is 0.105. The molecule has 0 spiro atoms. The summed E-state index contributed by atoms with van der Waals surface area (Å²) in [7, 11) is -0.675. The van der Waals surface area contributed by atoms with Gasteiger partial charge in [-0.1, -0.05) is 6.92 Å². The van der Waals surface area contributed by atoms with Gasteiger partial charge >= 0.3 is 0 Å². The van der Waals surface area contributed by atoms with Crippen molar-refractivity contribution in [2.75, 3.05) is 25.1 Å². The first-order valence-corrected chi connectivity index (χ1v) is 7.04. The summed E-state index contributed by atoms with van der Waals surface area (Å²) in [4.78, 5) is 2.41. The smallest absolute Gasteiger partial charge is 0.0359 e. The minimum absolute atomic E-state index is 0.341. The van der Waals surface area contributed by atoms with Crippen LogP contribution < -0.4 is 5.73 Å². The zero-order valence-corrected chi connectivity index (χ0v) is 10.2. The Labute approximate surface area is 89.5 Å². The first-order valence-electron chi connectivity index (χ1n) is 5.32. The lowest BCUT2D eigenvalue weighted by Crippen LogP contribution is -2.52. The van der Waals surface area contributed by atoms with Crippen LogP contribution in [-0.2, 0) is 10.8 Å². The third kappa shape index (κ3) is 3.04. The summed E-state index contributed by atoms with van der Waals surface area (Å²) < 4.78 is 11.0. The molecule has 1 rings (SSSR count). The van der Waals surface area contributed by atoms with E-state index in [1.807, 2.05) is 0 Å². The SMILES string of the molecule is CC1C(N)CCN(CCS(C)=O)C1C. The molecule has 0 saturated carbocycles. The second kappa shape index (κ2) is 5.24. The van der Waals surface area contributed by atoms with Gasteiger partial charge in [-0.3, -0.25) is 9.11 Å². The summed E-state index contributed by atoms with van der Waals surface area (Å²) in [5.74, 6) is 1.33. The van der Waals surface area contributed by atoms with Gasteiger partial charge in [0.1, 0.15) is 0 Å². The molecular formula is C10H22N2OS. The van der Waals surface area contributed by atoms with Crippen molar-refractivity contribution in [2.45, 2.75) is 32.4 Å². The Bertz CT molecular complexity index is 210. The van der Waals surface area contributed by atoms with E-state index in [1.54, 1.807) is 6.26 Å². The lowest BCUT2D eigenvalue weighted by atomic mass is 9.88. The van der Waals surface area contributed by atoms with Gasteiger partial charge in [-0.15, -0.1) is 0 Å². The normalized spacial score (nSPS) is 37.0. The Balaban J connectivity index is 2.42. The van der Waals surface area contributed by atoms with E-state index in [0.717, 1.165) is 25.3 Å². The maximum atomic E-state index is 11.0. The molecule has 1 saturated heterocycles. The molecule has 0 bridgehead atoms. The van der Waals surface area contributed by atoms with Crippen LogP contribution in [0.5, 0.6) is 0 Å². The van der Waals surface area contributed by atoms with E-state index in [0.29, 0.717) is 18.0 Å². The van der Waals surface area contributed by atoms with Gasteiger partial charge in [0.15, 0.2) is 0 Å². The van der Waals surface area contributed by atoms with Gasteiger partial charge in [-0.25, -0.2) is 0 Å². The number of likely N-dealkylation sites (tertiary alicyclic amines) is 1. The molecule has 1 heterocycles. The molecule has 0 radical (unpaired) electrons. The van der Waals surface area contributed by atoms with Gasteiger partial charge < -0.3 is 5.73 Å². The lowest BCUT2D eigenvalue weighted by Gasteiger charge is -2.41. The molecule has 4 unspecified atom stereocenters. The topological polar surface area (TPSA) is 46.3 Å². The number of piperidine rings is 1. The monoisotopic (exact) mass is 218 g/mol. The van der Waals surface area contributed by atoms with Gasteiger partial charge in [-0.2, -0.15) is 0 Å². The fourth-order valence-electron chi connectivity index (χ4n) is 2.03. The minimum atomic E-state index is -0.675. The predicted octanol–water partition coefficient (Wildman–Crippen LogP) is 0.423. The summed E-state index contributed by atoms with van der Waals surface area (Å²) in [5.41, 5.74) is 6.00. The Kier molecular flexibility index (Phi) is 4.54. The summed E-state index contributed by atoms with van der Waals surface area (Å²) in [6.07, 6.45) is 2.84. The second-order valence-corrected chi connectivity index (χ2v) is 5.92. The molecule has 3 nitrogen and oxygen atoms in total. The number of nitrogens with two attached hydrogens (primary N) is 1. The van der Waals surface area contributed by atoms with Crippen LogP contribution in [0, 0.1) is 5.92 Å². The quantitative estimate of drug-likeness (QED) is 0.747. The summed E-state index contributed by atoms with van der Waals surface area (Å²) in [6.45, 7) is 6.44. The minimum Gasteiger partial charge on any atom is -0.327 e. The molecule has 0 aromatic heterocycles. The Morgan fingerprint density at radius 2 is 2.14 bits per heavy atom. The Hall–Kier alpha value is 0.0700. The van der Waals surface area contributed by atoms with E-state index in [9.17, 15) is 4.21 Å². The summed E-state index contributed by atoms with van der Waals surface area (Å²) in [6, 6.07) is 0.871. The third-order valence-electron chi connectivity index (χ3n) is 3.43. The van der Waals surface area contributed by atoms with E-state index in [-0.39, 0.29) is 0 Å². The molecule has 14 heavy (non-hydrogen) atoms. The average molecular weight is 218 g/mol. The largest absolute Gasteiger partial charge is 0.327 e. The highest BCUT2D eigenvalue weighted by atomic mass is 32.2. The van der Waals surface area contributed by atoms with Gasteiger partial charge in [0.2, 0.25) is 0 Å². The molecule has 0 amide bonds. The number of rotatable bonds is 3. The van der Waals surface area contributed by atoms with Crippen molar-refractivity contribution >= 4 is 10.8 Å². The first kappa shape index (κ1) is 12.1. The van der Waals surface area contributed by atoms with Crippen molar-refractivity contribution in [1.82, 2.24) is 4.90 Å². The van der Waals surface area contributed by atoms with E-state index in [2.05, 4.69) is 18.7 Å². The molecule has 4 heteroatoms. The van der Waals surface area contributed by atoms with Crippen molar-refractivity contribution in [3.05, 3.63) is 0 Å². The molecular weight excluding hydrogens is 196 g/mol. The molecule has 1 aliphatic heterocycles. The van der Waals surface area contributed by atoms with Gasteiger partial charge in [0.25, 0.3) is 0 Å². The van der Waals surface area contributed by atoms with Crippen LogP contribution in [-0.4, -0.2) is 46.3 Å². The zero-order valence-electron chi connectivity index (χ0n) is 9.40. The maximum Gasteiger partial charge on any atom is 0.0359 e. The molecule has 4 atom stereocenters. The van der Waals surface area contributed by atoms with Crippen molar-refractivity contribution in [1.29, 1.82) is 0 Å². The number of nitrogens with zero attached hydrogens (tertiary/aromatic N) is 1. The Morgan fingerprint density at radius 1 is 1.50 bits per heavy atom. The Morgan fingerprint density at radius 3 is 2.71 bits per heavy atom. The highest BCUT2D eigenvalue weighted by molar-refractivity contribution is 7.84. The van der Waals surface area contributed by atoms with E-state index in [1.165, 1.54) is 0 Å². The van der Waals surface area contributed by atoms with Crippen LogP contribution >= 0.6 is 0 Å². The second-order valence-electron chi connectivity index (χ2n) is 4.37. The molecule has 1 aliphatic rings. The van der Waals surface area contributed by atoms with Gasteiger partial charge in [0.05, 0.1) is 0 Å². The molecule has 0 aliphatic carbocycles. The molecule has 1 fully saturated rings. The zero-order chi connectivity index (χ0) is 10.7. The molecule has 2 N–H and O–H groups in total. The predicted molar refractivity (Wildman–Crippen MR) is 61.7 cm³/mol. The van der Waals surface area contributed by atoms with Crippen LogP contribution in [0.3, 0.4) is 0 Å². The summed E-state index contributed by atoms with van der Waals surface area (Å²) in [5, 5.41) is 0. The fraction of sp³-hybridized carbons (Fsp3) is 1.00. The van der Waals surface area contributed by atoms with Crippen LogP contribution in [0.1, 0.15) is 20.3 Å². The molecule has 84 valence electrons. The van der Waals surface area contributed by atoms with E-state index >= 15 is 0 Å². The van der Waals surface area contributed by atoms with Crippen molar-refractivity contribution < 1.29 is 4.21 Å². The summed E-state index contributed by atoms with van der Waals surface area (Å²) >= 11 is 0. The highest BCUT2D eigenvalue weighted by Crippen LogP contribution is 2.21. The van der Waals surface area contributed by atoms with Crippen molar-refractivity contribution in [3.63, 3.8) is 0 Å².